The highest BCUT2D eigenvalue weighted by Crippen LogP contribution is 2.32. The van der Waals surface area contributed by atoms with Crippen molar-refractivity contribution in [2.75, 3.05) is 13.7 Å². The Morgan fingerprint density at radius 3 is 2.52 bits per heavy atom. The van der Waals surface area contributed by atoms with Crippen LogP contribution in [0.5, 0.6) is 5.75 Å². The molecule has 0 amide bonds. The minimum absolute atomic E-state index is 0.208. The van der Waals surface area contributed by atoms with E-state index in [-0.39, 0.29) is 11.8 Å². The van der Waals surface area contributed by atoms with Crippen LogP contribution in [0.15, 0.2) is 36.4 Å². The molecule has 1 atom stereocenters. The molecule has 0 fully saturated rings. The first-order chi connectivity index (χ1) is 10.1. The Balaban J connectivity index is 2.45. The zero-order valence-electron chi connectivity index (χ0n) is 11.8. The Bertz CT molecular complexity index is 634. The van der Waals surface area contributed by atoms with E-state index in [1.807, 2.05) is 19.1 Å². The number of nitrogens with one attached hydrogen (secondary N) is 1. The highest BCUT2D eigenvalue weighted by Gasteiger charge is 2.18. The molecule has 2 aromatic carbocycles. The van der Waals surface area contributed by atoms with Crippen LogP contribution in [0.3, 0.4) is 0 Å². The topological polar surface area (TPSA) is 21.3 Å². The monoisotopic (exact) mass is 327 g/mol. The van der Waals surface area contributed by atoms with Crippen LogP contribution in [0, 0.1) is 5.82 Å². The molecule has 0 aliphatic carbocycles. The van der Waals surface area contributed by atoms with E-state index >= 15 is 0 Å². The second kappa shape index (κ2) is 7.12. The largest absolute Gasteiger partial charge is 0.494 e. The van der Waals surface area contributed by atoms with Crippen LogP contribution in [0.2, 0.25) is 10.0 Å². The zero-order valence-corrected chi connectivity index (χ0v) is 13.3. The van der Waals surface area contributed by atoms with Crippen molar-refractivity contribution < 1.29 is 9.13 Å². The van der Waals surface area contributed by atoms with Gasteiger partial charge in [-0.2, -0.15) is 0 Å². The van der Waals surface area contributed by atoms with Crippen LogP contribution in [0.1, 0.15) is 24.1 Å². The fourth-order valence-electron chi connectivity index (χ4n) is 2.21. The van der Waals surface area contributed by atoms with Gasteiger partial charge >= 0.3 is 0 Å². The van der Waals surface area contributed by atoms with Crippen molar-refractivity contribution >= 4 is 23.2 Å². The standard InChI is InChI=1S/C16H16Cl2FNO/c1-3-20-16(12-6-5-11(17)9-13(12)18)10-4-7-15(21-2)14(19)8-10/h4-9,16,20H,3H2,1-2H3. The minimum atomic E-state index is -0.400. The number of halogens is 3. The number of benzene rings is 2. The molecule has 1 N–H and O–H groups in total. The van der Waals surface area contributed by atoms with Crippen molar-refractivity contribution in [1.29, 1.82) is 0 Å². The highest BCUT2D eigenvalue weighted by molar-refractivity contribution is 6.35. The lowest BCUT2D eigenvalue weighted by Crippen LogP contribution is -2.22. The molecule has 0 heterocycles. The SMILES string of the molecule is CCNC(c1ccc(OC)c(F)c1)c1ccc(Cl)cc1Cl. The molecule has 0 radical (unpaired) electrons. The summed E-state index contributed by atoms with van der Waals surface area (Å²) in [6.07, 6.45) is 0. The summed E-state index contributed by atoms with van der Waals surface area (Å²) >= 11 is 12.2. The summed E-state index contributed by atoms with van der Waals surface area (Å²) in [5, 5.41) is 4.42. The Kier molecular flexibility index (Phi) is 5.45. The third-order valence-electron chi connectivity index (χ3n) is 3.19. The summed E-state index contributed by atoms with van der Waals surface area (Å²) in [5.41, 5.74) is 1.63. The second-order valence-corrected chi connectivity index (χ2v) is 5.39. The average Bonchev–Trinajstić information content (AvgIpc) is 2.45. The van der Waals surface area contributed by atoms with Crippen molar-refractivity contribution in [3.63, 3.8) is 0 Å². The van der Waals surface area contributed by atoms with Gasteiger partial charge in [-0.1, -0.05) is 42.3 Å². The summed E-state index contributed by atoms with van der Waals surface area (Å²) < 4.78 is 18.9. The maximum absolute atomic E-state index is 13.9. The van der Waals surface area contributed by atoms with Gasteiger partial charge in [-0.05, 0) is 41.9 Å². The lowest BCUT2D eigenvalue weighted by atomic mass is 9.98. The summed E-state index contributed by atoms with van der Waals surface area (Å²) in [6, 6.07) is 9.98. The predicted molar refractivity (Wildman–Crippen MR) is 84.9 cm³/mol. The summed E-state index contributed by atoms with van der Waals surface area (Å²) in [5.74, 6) is -0.181. The summed E-state index contributed by atoms with van der Waals surface area (Å²) in [4.78, 5) is 0. The van der Waals surface area contributed by atoms with E-state index in [0.29, 0.717) is 10.0 Å². The Labute approximate surface area is 133 Å². The Morgan fingerprint density at radius 1 is 1.19 bits per heavy atom. The van der Waals surface area contributed by atoms with Crippen LogP contribution in [-0.2, 0) is 0 Å². The molecule has 0 saturated carbocycles. The molecule has 112 valence electrons. The van der Waals surface area contributed by atoms with Crippen molar-refractivity contribution in [3.8, 4) is 5.75 Å². The lowest BCUT2D eigenvalue weighted by Gasteiger charge is -2.21. The summed E-state index contributed by atoms with van der Waals surface area (Å²) in [7, 11) is 1.44. The first kappa shape index (κ1) is 16.1. The fourth-order valence-corrected chi connectivity index (χ4v) is 2.73. The van der Waals surface area contributed by atoms with E-state index in [9.17, 15) is 4.39 Å². The number of hydrogen-bond acceptors (Lipinski definition) is 2. The molecule has 0 aromatic heterocycles. The van der Waals surface area contributed by atoms with Crippen LogP contribution in [0.4, 0.5) is 4.39 Å². The molecular formula is C16H16Cl2FNO. The number of hydrogen-bond donors (Lipinski definition) is 1. The van der Waals surface area contributed by atoms with E-state index in [2.05, 4.69) is 5.32 Å². The van der Waals surface area contributed by atoms with E-state index in [1.54, 1.807) is 18.2 Å². The molecule has 1 unspecified atom stereocenters. The van der Waals surface area contributed by atoms with Gasteiger partial charge in [0, 0.05) is 10.0 Å². The molecule has 0 aliphatic rings. The maximum atomic E-state index is 13.9. The van der Waals surface area contributed by atoms with Gasteiger partial charge in [-0.3, -0.25) is 0 Å². The third kappa shape index (κ3) is 3.67. The van der Waals surface area contributed by atoms with Gasteiger partial charge in [0.15, 0.2) is 11.6 Å². The smallest absolute Gasteiger partial charge is 0.165 e. The van der Waals surface area contributed by atoms with Gasteiger partial charge in [-0.15, -0.1) is 0 Å². The van der Waals surface area contributed by atoms with Crippen molar-refractivity contribution in [1.82, 2.24) is 5.32 Å². The minimum Gasteiger partial charge on any atom is -0.494 e. The Hall–Kier alpha value is -1.29. The molecular weight excluding hydrogens is 312 g/mol. The number of ether oxygens (including phenoxy) is 1. The molecule has 2 nitrogen and oxygen atoms in total. The van der Waals surface area contributed by atoms with E-state index in [1.165, 1.54) is 13.2 Å². The van der Waals surface area contributed by atoms with E-state index < -0.39 is 5.82 Å². The number of methoxy groups -OCH3 is 1. The van der Waals surface area contributed by atoms with Gasteiger partial charge < -0.3 is 10.1 Å². The van der Waals surface area contributed by atoms with Gasteiger partial charge in [0.05, 0.1) is 13.2 Å². The number of rotatable bonds is 5. The molecule has 21 heavy (non-hydrogen) atoms. The Morgan fingerprint density at radius 2 is 1.95 bits per heavy atom. The first-order valence-corrected chi connectivity index (χ1v) is 7.34. The van der Waals surface area contributed by atoms with Crippen LogP contribution in [0.25, 0.3) is 0 Å². The molecule has 0 saturated heterocycles. The van der Waals surface area contributed by atoms with Crippen molar-refractivity contribution in [2.45, 2.75) is 13.0 Å². The quantitative estimate of drug-likeness (QED) is 0.848. The zero-order chi connectivity index (χ0) is 15.4. The van der Waals surface area contributed by atoms with Gasteiger partial charge in [-0.25, -0.2) is 4.39 Å². The van der Waals surface area contributed by atoms with Gasteiger partial charge in [0.25, 0.3) is 0 Å². The maximum Gasteiger partial charge on any atom is 0.165 e. The lowest BCUT2D eigenvalue weighted by molar-refractivity contribution is 0.385. The second-order valence-electron chi connectivity index (χ2n) is 4.55. The fraction of sp³-hybridized carbons (Fsp3) is 0.250. The van der Waals surface area contributed by atoms with E-state index in [4.69, 9.17) is 27.9 Å². The normalized spacial score (nSPS) is 12.2. The van der Waals surface area contributed by atoms with E-state index in [0.717, 1.165) is 17.7 Å². The summed E-state index contributed by atoms with van der Waals surface area (Å²) in [6.45, 7) is 2.70. The molecule has 2 aromatic rings. The predicted octanol–water partition coefficient (Wildman–Crippen LogP) is 4.84. The van der Waals surface area contributed by atoms with Crippen molar-refractivity contribution in [2.24, 2.45) is 0 Å². The van der Waals surface area contributed by atoms with Crippen LogP contribution in [-0.4, -0.2) is 13.7 Å². The molecule has 2 rings (SSSR count). The average molecular weight is 328 g/mol. The molecule has 5 heteroatoms. The highest BCUT2D eigenvalue weighted by atomic mass is 35.5. The molecule has 0 bridgehead atoms. The molecule has 0 aliphatic heterocycles. The van der Waals surface area contributed by atoms with Crippen LogP contribution >= 0.6 is 23.2 Å². The first-order valence-electron chi connectivity index (χ1n) is 6.58. The van der Waals surface area contributed by atoms with Crippen LogP contribution < -0.4 is 10.1 Å². The van der Waals surface area contributed by atoms with Crippen molar-refractivity contribution in [3.05, 3.63) is 63.4 Å². The van der Waals surface area contributed by atoms with Gasteiger partial charge in [0.2, 0.25) is 0 Å². The third-order valence-corrected chi connectivity index (χ3v) is 3.75. The van der Waals surface area contributed by atoms with Gasteiger partial charge in [0.1, 0.15) is 0 Å². The molecule has 0 spiro atoms.